The average Bonchev–Trinajstić information content (AvgIpc) is 2.96. The summed E-state index contributed by atoms with van der Waals surface area (Å²) in [5.41, 5.74) is 1.06. The number of rotatable bonds is 4. The summed E-state index contributed by atoms with van der Waals surface area (Å²) in [5, 5.41) is 6.75. The van der Waals surface area contributed by atoms with Crippen molar-refractivity contribution in [3.63, 3.8) is 0 Å². The van der Waals surface area contributed by atoms with Crippen LogP contribution < -0.4 is 5.32 Å². The van der Waals surface area contributed by atoms with Crippen LogP contribution in [-0.2, 0) is 0 Å². The predicted octanol–water partition coefficient (Wildman–Crippen LogP) is 1.65. The van der Waals surface area contributed by atoms with Gasteiger partial charge in [0.2, 0.25) is 0 Å². The smallest absolute Gasteiger partial charge is 0.258 e. The molecule has 1 aliphatic rings. The second kappa shape index (κ2) is 3.73. The van der Waals surface area contributed by atoms with E-state index in [9.17, 15) is 4.79 Å². The highest BCUT2D eigenvalue weighted by Gasteiger charge is 2.24. The van der Waals surface area contributed by atoms with E-state index in [0.717, 1.165) is 12.8 Å². The van der Waals surface area contributed by atoms with Crippen molar-refractivity contribution in [2.75, 3.05) is 0 Å². The number of hydrogen-bond acceptors (Lipinski definition) is 2. The molecule has 1 N–H and O–H groups in total. The Morgan fingerprint density at radius 3 is 3.00 bits per heavy atom. The van der Waals surface area contributed by atoms with Crippen LogP contribution in [0.1, 0.15) is 29.2 Å². The number of amides is 1. The van der Waals surface area contributed by atoms with Gasteiger partial charge in [-0.2, -0.15) is 5.10 Å². The van der Waals surface area contributed by atoms with Gasteiger partial charge in [-0.25, -0.2) is 0 Å². The maximum atomic E-state index is 11.6. The Morgan fingerprint density at radius 2 is 2.40 bits per heavy atom. The molecule has 0 atom stereocenters. The van der Waals surface area contributed by atoms with Crippen LogP contribution in [0.2, 0.25) is 0 Å². The van der Waals surface area contributed by atoms with Crippen LogP contribution in [0.25, 0.3) is 0 Å². The van der Waals surface area contributed by atoms with Gasteiger partial charge in [0.15, 0.2) is 0 Å². The van der Waals surface area contributed by atoms with Gasteiger partial charge in [0.05, 0.1) is 17.8 Å². The van der Waals surface area contributed by atoms with Crippen LogP contribution in [0.4, 0.5) is 0 Å². The Balaban J connectivity index is 2.04. The van der Waals surface area contributed by atoms with E-state index in [-0.39, 0.29) is 5.91 Å². The molecule has 2 rings (SSSR count). The lowest BCUT2D eigenvalue weighted by molar-refractivity contribution is 0.0967. The maximum absolute atomic E-state index is 11.6. The number of carbonyl (C=O) groups is 1. The van der Waals surface area contributed by atoms with Crippen LogP contribution in [0.5, 0.6) is 0 Å². The third kappa shape index (κ3) is 2.15. The van der Waals surface area contributed by atoms with Gasteiger partial charge in [-0.15, -0.1) is 0 Å². The monoisotopic (exact) mass is 203 g/mol. The fourth-order valence-corrected chi connectivity index (χ4v) is 1.26. The molecule has 4 nitrogen and oxygen atoms in total. The third-order valence-electron chi connectivity index (χ3n) is 2.31. The van der Waals surface area contributed by atoms with Crippen LogP contribution in [0.15, 0.2) is 37.3 Å². The van der Waals surface area contributed by atoms with Crippen molar-refractivity contribution in [3.8, 4) is 0 Å². The predicted molar refractivity (Wildman–Crippen MR) is 57.3 cm³/mol. The van der Waals surface area contributed by atoms with E-state index in [4.69, 9.17) is 0 Å². The first kappa shape index (κ1) is 9.71. The minimum Gasteiger partial charge on any atom is -0.322 e. The van der Waals surface area contributed by atoms with E-state index in [2.05, 4.69) is 23.6 Å². The SMILES string of the molecule is C=CC(=C)NC(=O)c1cnn(C2CC2)c1. The minimum atomic E-state index is -0.188. The lowest BCUT2D eigenvalue weighted by Crippen LogP contribution is -2.20. The molecule has 4 heteroatoms. The highest BCUT2D eigenvalue weighted by atomic mass is 16.1. The first-order valence-corrected chi connectivity index (χ1v) is 4.87. The molecule has 15 heavy (non-hydrogen) atoms. The Hall–Kier alpha value is -1.84. The van der Waals surface area contributed by atoms with Crippen molar-refractivity contribution in [1.82, 2.24) is 15.1 Å². The molecular weight excluding hydrogens is 190 g/mol. The minimum absolute atomic E-state index is 0.188. The van der Waals surface area contributed by atoms with Gasteiger partial charge in [0, 0.05) is 11.9 Å². The van der Waals surface area contributed by atoms with Gasteiger partial charge < -0.3 is 5.32 Å². The molecule has 1 fully saturated rings. The Kier molecular flexibility index (Phi) is 2.41. The summed E-state index contributed by atoms with van der Waals surface area (Å²) in [6, 6.07) is 0.495. The first-order chi connectivity index (χ1) is 7.20. The third-order valence-corrected chi connectivity index (χ3v) is 2.31. The number of nitrogens with zero attached hydrogens (tertiary/aromatic N) is 2. The van der Waals surface area contributed by atoms with E-state index in [0.29, 0.717) is 17.3 Å². The molecule has 1 heterocycles. The molecule has 1 aromatic heterocycles. The lowest BCUT2D eigenvalue weighted by Gasteiger charge is -2.00. The van der Waals surface area contributed by atoms with Crippen LogP contribution in [0, 0.1) is 0 Å². The molecule has 78 valence electrons. The maximum Gasteiger partial charge on any atom is 0.258 e. The van der Waals surface area contributed by atoms with Crippen molar-refractivity contribution in [2.24, 2.45) is 0 Å². The van der Waals surface area contributed by atoms with Gasteiger partial charge in [0.25, 0.3) is 5.91 Å². The van der Waals surface area contributed by atoms with Crippen LogP contribution >= 0.6 is 0 Å². The fraction of sp³-hybridized carbons (Fsp3) is 0.273. The quantitative estimate of drug-likeness (QED) is 0.756. The number of carbonyl (C=O) groups excluding carboxylic acids is 1. The zero-order valence-electron chi connectivity index (χ0n) is 8.44. The molecule has 0 aliphatic heterocycles. The van der Waals surface area contributed by atoms with Crippen molar-refractivity contribution in [3.05, 3.63) is 42.9 Å². The van der Waals surface area contributed by atoms with Gasteiger partial charge in [0.1, 0.15) is 0 Å². The van der Waals surface area contributed by atoms with Gasteiger partial charge in [-0.1, -0.05) is 13.2 Å². The zero-order chi connectivity index (χ0) is 10.8. The number of allylic oxidation sites excluding steroid dienone is 1. The number of hydrogen-bond donors (Lipinski definition) is 1. The van der Waals surface area contributed by atoms with E-state index < -0.39 is 0 Å². The van der Waals surface area contributed by atoms with E-state index >= 15 is 0 Å². The highest BCUT2D eigenvalue weighted by molar-refractivity contribution is 5.95. The molecule has 1 aliphatic carbocycles. The molecular formula is C11H13N3O. The summed E-state index contributed by atoms with van der Waals surface area (Å²) in [4.78, 5) is 11.6. The standard InChI is InChI=1S/C11H13N3O/c1-3-8(2)13-11(15)9-6-12-14(7-9)10-4-5-10/h3,6-7,10H,1-2,4-5H2,(H,13,15). The summed E-state index contributed by atoms with van der Waals surface area (Å²) in [7, 11) is 0. The Morgan fingerprint density at radius 1 is 1.67 bits per heavy atom. The highest BCUT2D eigenvalue weighted by Crippen LogP contribution is 2.33. The Labute approximate surface area is 88.3 Å². The average molecular weight is 203 g/mol. The second-order valence-electron chi connectivity index (χ2n) is 3.62. The zero-order valence-corrected chi connectivity index (χ0v) is 8.44. The number of nitrogens with one attached hydrogen (secondary N) is 1. The summed E-state index contributed by atoms with van der Waals surface area (Å²) < 4.78 is 1.84. The van der Waals surface area contributed by atoms with Crippen molar-refractivity contribution in [1.29, 1.82) is 0 Å². The molecule has 1 amide bonds. The van der Waals surface area contributed by atoms with Gasteiger partial charge in [-0.05, 0) is 18.9 Å². The summed E-state index contributed by atoms with van der Waals surface area (Å²) in [5.74, 6) is -0.188. The van der Waals surface area contributed by atoms with Gasteiger partial charge in [-0.3, -0.25) is 9.48 Å². The van der Waals surface area contributed by atoms with E-state index in [1.807, 2.05) is 4.68 Å². The molecule has 0 saturated heterocycles. The van der Waals surface area contributed by atoms with Crippen molar-refractivity contribution in [2.45, 2.75) is 18.9 Å². The van der Waals surface area contributed by atoms with Crippen molar-refractivity contribution >= 4 is 5.91 Å². The molecule has 1 aromatic rings. The molecule has 0 spiro atoms. The van der Waals surface area contributed by atoms with Gasteiger partial charge >= 0.3 is 0 Å². The van der Waals surface area contributed by atoms with Crippen LogP contribution in [-0.4, -0.2) is 15.7 Å². The van der Waals surface area contributed by atoms with Crippen molar-refractivity contribution < 1.29 is 4.79 Å². The Bertz CT molecular complexity index is 415. The van der Waals surface area contributed by atoms with E-state index in [1.165, 1.54) is 6.08 Å². The molecule has 0 aromatic carbocycles. The van der Waals surface area contributed by atoms with Crippen LogP contribution in [0.3, 0.4) is 0 Å². The van der Waals surface area contributed by atoms with E-state index in [1.54, 1.807) is 12.4 Å². The molecule has 1 saturated carbocycles. The lowest BCUT2D eigenvalue weighted by atomic mass is 10.3. The molecule has 0 radical (unpaired) electrons. The fourth-order valence-electron chi connectivity index (χ4n) is 1.26. The molecule has 0 bridgehead atoms. The second-order valence-corrected chi connectivity index (χ2v) is 3.62. The molecule has 0 unspecified atom stereocenters. The first-order valence-electron chi connectivity index (χ1n) is 4.87. The topological polar surface area (TPSA) is 46.9 Å². The largest absolute Gasteiger partial charge is 0.322 e. The summed E-state index contributed by atoms with van der Waals surface area (Å²) in [6.45, 7) is 7.13. The number of aromatic nitrogens is 2. The summed E-state index contributed by atoms with van der Waals surface area (Å²) >= 11 is 0. The normalized spacial score (nSPS) is 14.7. The summed E-state index contributed by atoms with van der Waals surface area (Å²) in [6.07, 6.45) is 7.15.